The maximum absolute atomic E-state index is 13.2. The summed E-state index contributed by atoms with van der Waals surface area (Å²) >= 11 is 6.27. The van der Waals surface area contributed by atoms with Crippen LogP contribution in [0.5, 0.6) is 0 Å². The summed E-state index contributed by atoms with van der Waals surface area (Å²) in [5.74, 6) is -1.35. The molecular formula is C22H19ClN4O2. The Balaban J connectivity index is 1.59. The van der Waals surface area contributed by atoms with E-state index in [1.807, 2.05) is 16.8 Å². The van der Waals surface area contributed by atoms with E-state index in [2.05, 4.69) is 9.98 Å². The molecule has 0 aliphatic carbocycles. The van der Waals surface area contributed by atoms with Crippen molar-refractivity contribution in [2.24, 2.45) is 4.99 Å². The van der Waals surface area contributed by atoms with Gasteiger partial charge in [0.1, 0.15) is 0 Å². The van der Waals surface area contributed by atoms with Gasteiger partial charge in [0.05, 0.1) is 23.0 Å². The van der Waals surface area contributed by atoms with Gasteiger partial charge in [0.25, 0.3) is 5.91 Å². The molecule has 0 saturated heterocycles. The highest BCUT2D eigenvalue weighted by molar-refractivity contribution is 6.37. The highest BCUT2D eigenvalue weighted by atomic mass is 35.5. The van der Waals surface area contributed by atoms with Crippen LogP contribution in [-0.4, -0.2) is 34.1 Å². The predicted molar refractivity (Wildman–Crippen MR) is 113 cm³/mol. The van der Waals surface area contributed by atoms with E-state index in [0.717, 1.165) is 17.9 Å². The Labute approximate surface area is 173 Å². The van der Waals surface area contributed by atoms with Crippen LogP contribution in [0.15, 0.2) is 72.2 Å². The lowest BCUT2D eigenvalue weighted by atomic mass is 9.89. The SMILES string of the molecule is O=C1c2ccccc2[C@@H](C=NCCCn2ccnc2)C(=O)N1c1ccccc1Cl. The second kappa shape index (κ2) is 8.41. The Kier molecular flexibility index (Phi) is 5.53. The van der Waals surface area contributed by atoms with Crippen LogP contribution >= 0.6 is 11.6 Å². The van der Waals surface area contributed by atoms with E-state index in [1.54, 1.807) is 61.2 Å². The standard InChI is InChI=1S/C22H19ClN4O2/c23-19-8-3-4-9-20(19)27-21(28)17-7-2-1-6-16(17)18(22(27)29)14-24-10-5-12-26-13-11-25-15-26/h1-4,6-9,11,13-15,18H,5,10,12H2/t18-/m1/s1. The quantitative estimate of drug-likeness (QED) is 0.353. The first kappa shape index (κ1) is 19.1. The molecule has 7 heteroatoms. The molecule has 0 spiro atoms. The van der Waals surface area contributed by atoms with Gasteiger partial charge in [-0.25, -0.2) is 9.88 Å². The zero-order chi connectivity index (χ0) is 20.2. The fraction of sp³-hybridized carbons (Fsp3) is 0.182. The number of hydrogen-bond donors (Lipinski definition) is 0. The van der Waals surface area contributed by atoms with E-state index in [9.17, 15) is 9.59 Å². The number of fused-ring (bicyclic) bond motifs is 1. The first-order valence-electron chi connectivity index (χ1n) is 9.34. The van der Waals surface area contributed by atoms with Gasteiger partial charge in [-0.3, -0.25) is 14.6 Å². The van der Waals surface area contributed by atoms with Crippen molar-refractivity contribution in [1.29, 1.82) is 0 Å². The Morgan fingerprint density at radius 1 is 1.10 bits per heavy atom. The molecule has 0 N–H and O–H groups in total. The normalized spacial score (nSPS) is 16.4. The predicted octanol–water partition coefficient (Wildman–Crippen LogP) is 3.97. The van der Waals surface area contributed by atoms with Crippen LogP contribution in [0, 0.1) is 0 Å². The molecule has 2 amide bonds. The monoisotopic (exact) mass is 406 g/mol. The number of aryl methyl sites for hydroxylation is 1. The van der Waals surface area contributed by atoms with E-state index in [4.69, 9.17) is 11.6 Å². The number of imide groups is 1. The van der Waals surface area contributed by atoms with Crippen LogP contribution in [0.1, 0.15) is 28.3 Å². The van der Waals surface area contributed by atoms with Gasteiger partial charge in [-0.1, -0.05) is 41.9 Å². The summed E-state index contributed by atoms with van der Waals surface area (Å²) < 4.78 is 1.98. The van der Waals surface area contributed by atoms with Gasteiger partial charge < -0.3 is 4.57 Å². The van der Waals surface area contributed by atoms with Crippen LogP contribution in [0.4, 0.5) is 5.69 Å². The van der Waals surface area contributed by atoms with E-state index in [1.165, 1.54) is 0 Å². The average Bonchev–Trinajstić information content (AvgIpc) is 3.25. The highest BCUT2D eigenvalue weighted by Crippen LogP contribution is 2.35. The van der Waals surface area contributed by atoms with Crippen molar-refractivity contribution in [2.75, 3.05) is 11.4 Å². The molecule has 2 aromatic carbocycles. The Bertz CT molecular complexity index is 1060. The summed E-state index contributed by atoms with van der Waals surface area (Å²) in [5, 5.41) is 0.351. The largest absolute Gasteiger partial charge is 0.337 e. The number of rotatable bonds is 6. The average molecular weight is 407 g/mol. The van der Waals surface area contributed by atoms with E-state index in [0.29, 0.717) is 28.4 Å². The molecule has 0 saturated carbocycles. The molecule has 29 heavy (non-hydrogen) atoms. The molecule has 1 aromatic heterocycles. The van der Waals surface area contributed by atoms with Crippen molar-refractivity contribution in [3.05, 3.63) is 83.4 Å². The number of para-hydroxylation sites is 1. The molecule has 1 atom stereocenters. The van der Waals surface area contributed by atoms with Crippen molar-refractivity contribution < 1.29 is 9.59 Å². The van der Waals surface area contributed by atoms with Gasteiger partial charge in [-0.2, -0.15) is 0 Å². The van der Waals surface area contributed by atoms with E-state index in [-0.39, 0.29) is 11.8 Å². The lowest BCUT2D eigenvalue weighted by molar-refractivity contribution is -0.118. The first-order valence-corrected chi connectivity index (χ1v) is 9.72. The minimum absolute atomic E-state index is 0.347. The summed E-state index contributed by atoms with van der Waals surface area (Å²) in [4.78, 5) is 35.9. The third kappa shape index (κ3) is 3.84. The smallest absolute Gasteiger partial charge is 0.265 e. The van der Waals surface area contributed by atoms with Gasteiger partial charge >= 0.3 is 0 Å². The van der Waals surface area contributed by atoms with Crippen LogP contribution < -0.4 is 4.90 Å². The number of aliphatic imine (C=N–C) groups is 1. The second-order valence-electron chi connectivity index (χ2n) is 6.70. The molecule has 1 aliphatic rings. The van der Waals surface area contributed by atoms with Gasteiger partial charge in [-0.05, 0) is 30.2 Å². The number of benzene rings is 2. The molecule has 146 valence electrons. The Morgan fingerprint density at radius 3 is 2.69 bits per heavy atom. The van der Waals surface area contributed by atoms with Gasteiger partial charge in [0.2, 0.25) is 5.91 Å². The number of imidazole rings is 1. The fourth-order valence-corrected chi connectivity index (χ4v) is 3.62. The van der Waals surface area contributed by atoms with Crippen LogP contribution in [0.2, 0.25) is 5.02 Å². The molecule has 1 aliphatic heterocycles. The second-order valence-corrected chi connectivity index (χ2v) is 7.11. The fourth-order valence-electron chi connectivity index (χ4n) is 3.40. The topological polar surface area (TPSA) is 67.6 Å². The minimum atomic E-state index is -0.631. The third-order valence-corrected chi connectivity index (χ3v) is 5.15. The van der Waals surface area contributed by atoms with Crippen molar-refractivity contribution >= 4 is 35.3 Å². The molecule has 0 unspecified atom stereocenters. The Hall–Kier alpha value is -3.25. The van der Waals surface area contributed by atoms with Gasteiger partial charge in [0.15, 0.2) is 0 Å². The summed E-state index contributed by atoms with van der Waals surface area (Å²) in [6, 6.07) is 14.0. The molecule has 0 fully saturated rings. The molecular weight excluding hydrogens is 388 g/mol. The van der Waals surface area contributed by atoms with Crippen LogP contribution in [0.25, 0.3) is 0 Å². The van der Waals surface area contributed by atoms with Gasteiger partial charge in [0, 0.05) is 37.3 Å². The van der Waals surface area contributed by atoms with E-state index < -0.39 is 5.92 Å². The first-order chi connectivity index (χ1) is 14.2. The molecule has 2 heterocycles. The number of aromatic nitrogens is 2. The Morgan fingerprint density at radius 2 is 1.90 bits per heavy atom. The maximum atomic E-state index is 13.2. The highest BCUT2D eigenvalue weighted by Gasteiger charge is 2.39. The van der Waals surface area contributed by atoms with Crippen LogP contribution in [-0.2, 0) is 11.3 Å². The molecule has 4 rings (SSSR count). The third-order valence-electron chi connectivity index (χ3n) is 4.83. The molecule has 0 bridgehead atoms. The number of nitrogens with zero attached hydrogens (tertiary/aromatic N) is 4. The van der Waals surface area contributed by atoms with E-state index >= 15 is 0 Å². The number of hydrogen-bond acceptors (Lipinski definition) is 4. The molecule has 0 radical (unpaired) electrons. The zero-order valence-corrected chi connectivity index (χ0v) is 16.4. The number of amides is 2. The van der Waals surface area contributed by atoms with Crippen LogP contribution in [0.3, 0.4) is 0 Å². The lowest BCUT2D eigenvalue weighted by Crippen LogP contribution is -2.45. The molecule has 3 aromatic rings. The van der Waals surface area contributed by atoms with Crippen molar-refractivity contribution in [3.63, 3.8) is 0 Å². The number of carbonyl (C=O) groups excluding carboxylic acids is 2. The van der Waals surface area contributed by atoms with Crippen molar-refractivity contribution in [3.8, 4) is 0 Å². The van der Waals surface area contributed by atoms with Crippen molar-refractivity contribution in [1.82, 2.24) is 9.55 Å². The number of halogens is 1. The lowest BCUT2D eigenvalue weighted by Gasteiger charge is -2.31. The van der Waals surface area contributed by atoms with Crippen molar-refractivity contribution in [2.45, 2.75) is 18.9 Å². The number of anilines is 1. The summed E-state index contributed by atoms with van der Waals surface area (Å²) in [6.45, 7) is 1.38. The summed E-state index contributed by atoms with van der Waals surface area (Å²) in [5.41, 5.74) is 1.54. The molecule has 6 nitrogen and oxygen atoms in total. The summed E-state index contributed by atoms with van der Waals surface area (Å²) in [6.07, 6.45) is 7.87. The minimum Gasteiger partial charge on any atom is -0.337 e. The number of carbonyl (C=O) groups is 2. The zero-order valence-electron chi connectivity index (χ0n) is 15.6. The summed E-state index contributed by atoms with van der Waals surface area (Å²) in [7, 11) is 0. The maximum Gasteiger partial charge on any atom is 0.265 e. The van der Waals surface area contributed by atoms with Gasteiger partial charge in [-0.15, -0.1) is 0 Å².